The standard InChI is InChI=1S/C20H25N3O2/c21-9-10-22-20(25)18-6-3-11-23(14-18)19(24)13-15-7-8-16-4-1-2-5-17(16)12-15/h1-2,4-5,7-8,12,18H,3,6,9-11,13-14,21H2,(H,22,25). The summed E-state index contributed by atoms with van der Waals surface area (Å²) in [6.07, 6.45) is 2.07. The van der Waals surface area contributed by atoms with Gasteiger partial charge in [-0.25, -0.2) is 0 Å². The highest BCUT2D eigenvalue weighted by Crippen LogP contribution is 2.20. The third-order valence-electron chi connectivity index (χ3n) is 4.76. The van der Waals surface area contributed by atoms with E-state index in [-0.39, 0.29) is 17.7 Å². The number of rotatable bonds is 5. The fraction of sp³-hybridized carbons (Fsp3) is 0.400. The summed E-state index contributed by atoms with van der Waals surface area (Å²) in [5, 5.41) is 5.15. The molecule has 2 aromatic carbocycles. The maximum Gasteiger partial charge on any atom is 0.227 e. The number of piperidine rings is 1. The molecule has 5 nitrogen and oxygen atoms in total. The summed E-state index contributed by atoms with van der Waals surface area (Å²) >= 11 is 0. The average Bonchev–Trinajstić information content (AvgIpc) is 2.66. The van der Waals surface area contributed by atoms with Gasteiger partial charge >= 0.3 is 0 Å². The number of benzene rings is 2. The van der Waals surface area contributed by atoms with Crippen LogP contribution >= 0.6 is 0 Å². The Bertz CT molecular complexity index is 759. The highest BCUT2D eigenvalue weighted by atomic mass is 16.2. The Balaban J connectivity index is 1.62. The first-order valence-corrected chi connectivity index (χ1v) is 8.90. The van der Waals surface area contributed by atoms with Gasteiger partial charge in [0.05, 0.1) is 12.3 Å². The van der Waals surface area contributed by atoms with Crippen molar-refractivity contribution in [2.75, 3.05) is 26.2 Å². The second-order valence-electron chi connectivity index (χ2n) is 6.62. The summed E-state index contributed by atoms with van der Waals surface area (Å²) in [7, 11) is 0. The number of likely N-dealkylation sites (tertiary alicyclic amines) is 1. The number of hydrogen-bond acceptors (Lipinski definition) is 3. The molecule has 1 aliphatic heterocycles. The third kappa shape index (κ3) is 4.37. The van der Waals surface area contributed by atoms with E-state index in [1.54, 1.807) is 0 Å². The van der Waals surface area contributed by atoms with Gasteiger partial charge in [0.25, 0.3) is 0 Å². The molecular weight excluding hydrogens is 314 g/mol. The molecule has 1 fully saturated rings. The van der Waals surface area contributed by atoms with Gasteiger partial charge in [-0.3, -0.25) is 9.59 Å². The van der Waals surface area contributed by atoms with Gasteiger partial charge in [0.15, 0.2) is 0 Å². The lowest BCUT2D eigenvalue weighted by Gasteiger charge is -2.32. The van der Waals surface area contributed by atoms with Crippen LogP contribution in [0.4, 0.5) is 0 Å². The SMILES string of the molecule is NCCNC(=O)C1CCCN(C(=O)Cc2ccc3ccccc3c2)C1. The summed E-state index contributed by atoms with van der Waals surface area (Å²) in [5.41, 5.74) is 6.44. The van der Waals surface area contributed by atoms with Gasteiger partial charge in [-0.1, -0.05) is 42.5 Å². The van der Waals surface area contributed by atoms with Crippen LogP contribution in [0.2, 0.25) is 0 Å². The van der Waals surface area contributed by atoms with Crippen molar-refractivity contribution in [3.05, 3.63) is 48.0 Å². The molecule has 3 N–H and O–H groups in total. The van der Waals surface area contributed by atoms with E-state index in [1.807, 2.05) is 23.1 Å². The lowest BCUT2D eigenvalue weighted by atomic mass is 9.96. The van der Waals surface area contributed by atoms with Gasteiger partial charge in [0.1, 0.15) is 0 Å². The Labute approximate surface area is 148 Å². The molecule has 0 saturated carbocycles. The van der Waals surface area contributed by atoms with Crippen LogP contribution in [0.1, 0.15) is 18.4 Å². The van der Waals surface area contributed by atoms with Gasteiger partial charge in [-0.05, 0) is 29.2 Å². The number of hydrogen-bond donors (Lipinski definition) is 2. The van der Waals surface area contributed by atoms with Gasteiger partial charge in [-0.15, -0.1) is 0 Å². The Morgan fingerprint density at radius 2 is 1.96 bits per heavy atom. The largest absolute Gasteiger partial charge is 0.355 e. The summed E-state index contributed by atoms with van der Waals surface area (Å²) < 4.78 is 0. The molecule has 0 radical (unpaired) electrons. The fourth-order valence-electron chi connectivity index (χ4n) is 3.39. The van der Waals surface area contributed by atoms with E-state index >= 15 is 0 Å². The molecule has 0 aliphatic carbocycles. The Kier molecular flexibility index (Phi) is 5.66. The molecule has 3 rings (SSSR count). The summed E-state index contributed by atoms with van der Waals surface area (Å²) in [5.74, 6) is -0.0267. The smallest absolute Gasteiger partial charge is 0.227 e. The zero-order chi connectivity index (χ0) is 17.6. The molecule has 1 heterocycles. The molecule has 2 aromatic rings. The van der Waals surface area contributed by atoms with E-state index in [4.69, 9.17) is 5.73 Å². The summed E-state index contributed by atoms with van der Waals surface area (Å²) in [6, 6.07) is 14.3. The minimum absolute atomic E-state index is 0.00801. The Morgan fingerprint density at radius 3 is 2.76 bits per heavy atom. The molecule has 132 valence electrons. The number of carbonyl (C=O) groups excluding carboxylic acids is 2. The predicted octanol–water partition coefficient (Wildman–Crippen LogP) is 1.70. The Morgan fingerprint density at radius 1 is 1.16 bits per heavy atom. The van der Waals surface area contributed by atoms with Crippen LogP contribution in [0.5, 0.6) is 0 Å². The number of amides is 2. The number of nitrogens with two attached hydrogens (primary N) is 1. The number of fused-ring (bicyclic) bond motifs is 1. The van der Waals surface area contributed by atoms with Crippen LogP contribution in [0.15, 0.2) is 42.5 Å². The van der Waals surface area contributed by atoms with Crippen molar-refractivity contribution in [2.45, 2.75) is 19.3 Å². The second kappa shape index (κ2) is 8.12. The van der Waals surface area contributed by atoms with E-state index in [9.17, 15) is 9.59 Å². The fourth-order valence-corrected chi connectivity index (χ4v) is 3.39. The van der Waals surface area contributed by atoms with E-state index in [2.05, 4.69) is 29.6 Å². The number of carbonyl (C=O) groups is 2. The first-order valence-electron chi connectivity index (χ1n) is 8.90. The van der Waals surface area contributed by atoms with Crippen LogP contribution in [-0.2, 0) is 16.0 Å². The molecule has 0 spiro atoms. The maximum absolute atomic E-state index is 12.7. The highest BCUT2D eigenvalue weighted by molar-refractivity contribution is 5.86. The molecule has 0 bridgehead atoms. The Hall–Kier alpha value is -2.40. The zero-order valence-electron chi connectivity index (χ0n) is 14.4. The average molecular weight is 339 g/mol. The van der Waals surface area contributed by atoms with Gasteiger partial charge in [0, 0.05) is 26.2 Å². The molecule has 1 saturated heterocycles. The van der Waals surface area contributed by atoms with E-state index < -0.39 is 0 Å². The molecule has 2 amide bonds. The van der Waals surface area contributed by atoms with Crippen LogP contribution in [0.3, 0.4) is 0 Å². The number of nitrogens with one attached hydrogen (secondary N) is 1. The highest BCUT2D eigenvalue weighted by Gasteiger charge is 2.28. The zero-order valence-corrected chi connectivity index (χ0v) is 14.4. The van der Waals surface area contributed by atoms with Crippen molar-refractivity contribution >= 4 is 22.6 Å². The predicted molar refractivity (Wildman–Crippen MR) is 99.0 cm³/mol. The van der Waals surface area contributed by atoms with Crippen molar-refractivity contribution in [1.82, 2.24) is 10.2 Å². The van der Waals surface area contributed by atoms with E-state index in [1.165, 1.54) is 5.39 Å². The van der Waals surface area contributed by atoms with Crippen LogP contribution in [0, 0.1) is 5.92 Å². The van der Waals surface area contributed by atoms with Gasteiger partial charge in [0.2, 0.25) is 11.8 Å². The number of nitrogens with zero attached hydrogens (tertiary/aromatic N) is 1. The molecule has 1 aliphatic rings. The topological polar surface area (TPSA) is 75.4 Å². The van der Waals surface area contributed by atoms with Crippen molar-refractivity contribution in [1.29, 1.82) is 0 Å². The first-order chi connectivity index (χ1) is 12.2. The van der Waals surface area contributed by atoms with Crippen molar-refractivity contribution in [2.24, 2.45) is 11.7 Å². The molecule has 5 heteroatoms. The normalized spacial score (nSPS) is 17.5. The molecular formula is C20H25N3O2. The van der Waals surface area contributed by atoms with E-state index in [0.717, 1.165) is 30.3 Å². The molecule has 0 aromatic heterocycles. The quantitative estimate of drug-likeness (QED) is 0.870. The van der Waals surface area contributed by atoms with Crippen molar-refractivity contribution < 1.29 is 9.59 Å². The lowest BCUT2D eigenvalue weighted by Crippen LogP contribution is -2.46. The lowest BCUT2D eigenvalue weighted by molar-refractivity contribution is -0.135. The molecule has 1 atom stereocenters. The van der Waals surface area contributed by atoms with Crippen LogP contribution < -0.4 is 11.1 Å². The molecule has 25 heavy (non-hydrogen) atoms. The van der Waals surface area contributed by atoms with Gasteiger partial charge in [-0.2, -0.15) is 0 Å². The van der Waals surface area contributed by atoms with Crippen LogP contribution in [0.25, 0.3) is 10.8 Å². The van der Waals surface area contributed by atoms with Crippen molar-refractivity contribution in [3.63, 3.8) is 0 Å². The maximum atomic E-state index is 12.7. The third-order valence-corrected chi connectivity index (χ3v) is 4.76. The van der Waals surface area contributed by atoms with Crippen LogP contribution in [-0.4, -0.2) is 42.9 Å². The molecule has 1 unspecified atom stereocenters. The van der Waals surface area contributed by atoms with Gasteiger partial charge < -0.3 is 16.0 Å². The monoisotopic (exact) mass is 339 g/mol. The van der Waals surface area contributed by atoms with E-state index in [0.29, 0.717) is 26.1 Å². The second-order valence-corrected chi connectivity index (χ2v) is 6.62. The van der Waals surface area contributed by atoms with Crippen molar-refractivity contribution in [3.8, 4) is 0 Å². The minimum Gasteiger partial charge on any atom is -0.355 e. The summed E-state index contributed by atoms with van der Waals surface area (Å²) in [6.45, 7) is 2.15. The summed E-state index contributed by atoms with van der Waals surface area (Å²) in [4.78, 5) is 26.6. The minimum atomic E-state index is -0.124. The first kappa shape index (κ1) is 17.4.